The molecule has 1 aliphatic rings. The van der Waals surface area contributed by atoms with Crippen molar-refractivity contribution in [1.82, 2.24) is 14.6 Å². The van der Waals surface area contributed by atoms with Gasteiger partial charge in [0.25, 0.3) is 0 Å². The number of benzene rings is 1. The number of thioether (sulfide) groups is 1. The maximum absolute atomic E-state index is 13.6. The zero-order valence-electron chi connectivity index (χ0n) is 20.3. The third kappa shape index (κ3) is 7.09. The molecular formula is C22H31N4O8PS. The molecule has 0 aliphatic carbocycles. The summed E-state index contributed by atoms with van der Waals surface area (Å²) in [6.45, 7) is 4.52. The van der Waals surface area contributed by atoms with Crippen molar-refractivity contribution < 1.29 is 33.4 Å². The Bertz CT molecular complexity index is 1130. The highest BCUT2D eigenvalue weighted by Gasteiger charge is 2.45. The average Bonchev–Trinajstić information content (AvgIpc) is 3.11. The minimum atomic E-state index is -4.15. The van der Waals surface area contributed by atoms with Crippen LogP contribution in [0.1, 0.15) is 26.1 Å². The minimum Gasteiger partial charge on any atom is -0.462 e. The summed E-state index contributed by atoms with van der Waals surface area (Å²) in [7, 11) is -2.53. The molecule has 1 aromatic heterocycles. The number of hydrogen-bond donors (Lipinski definition) is 4. The van der Waals surface area contributed by atoms with E-state index in [0.717, 1.165) is 11.8 Å². The second-order valence-corrected chi connectivity index (χ2v) is 11.4. The number of hydrogen-bond acceptors (Lipinski definition) is 11. The number of aromatic nitrogens is 2. The summed E-state index contributed by atoms with van der Waals surface area (Å²) < 4.78 is 31.2. The Hall–Kier alpha value is -2.41. The van der Waals surface area contributed by atoms with Gasteiger partial charge in [-0.3, -0.25) is 13.9 Å². The largest absolute Gasteiger partial charge is 0.462 e. The number of rotatable bonds is 11. The van der Waals surface area contributed by atoms with Gasteiger partial charge >= 0.3 is 19.4 Å². The van der Waals surface area contributed by atoms with Crippen LogP contribution in [0.4, 0.5) is 5.82 Å². The fraction of sp³-hybridized carbons (Fsp3) is 0.500. The van der Waals surface area contributed by atoms with Crippen LogP contribution in [0.2, 0.25) is 0 Å². The zero-order valence-corrected chi connectivity index (χ0v) is 22.0. The molecule has 1 aromatic carbocycles. The van der Waals surface area contributed by atoms with Crippen LogP contribution in [0.5, 0.6) is 5.75 Å². The number of esters is 1. The monoisotopic (exact) mass is 542 g/mol. The fourth-order valence-electron chi connectivity index (χ4n) is 3.35. The first kappa shape index (κ1) is 28.2. The maximum Gasteiger partial charge on any atom is 0.459 e. The van der Waals surface area contributed by atoms with Gasteiger partial charge in [0, 0.05) is 13.2 Å². The number of para-hydroxylation sites is 1. The summed E-state index contributed by atoms with van der Waals surface area (Å²) in [4.78, 5) is 28.5. The van der Waals surface area contributed by atoms with Gasteiger partial charge in [-0.1, -0.05) is 18.2 Å². The predicted molar refractivity (Wildman–Crippen MR) is 135 cm³/mol. The molecule has 1 fully saturated rings. The molecule has 2 heterocycles. The molecule has 0 spiro atoms. The highest BCUT2D eigenvalue weighted by molar-refractivity contribution is 8.00. The minimum absolute atomic E-state index is 0.234. The topological polar surface area (TPSA) is 161 Å². The lowest BCUT2D eigenvalue weighted by atomic mass is 10.1. The first-order chi connectivity index (χ1) is 17.0. The van der Waals surface area contributed by atoms with E-state index >= 15 is 0 Å². The second kappa shape index (κ2) is 12.2. The number of nitrogens with one attached hydrogen (secondary N) is 2. The van der Waals surface area contributed by atoms with E-state index in [-0.39, 0.29) is 18.5 Å². The van der Waals surface area contributed by atoms with Crippen LogP contribution in [0.3, 0.4) is 0 Å². The predicted octanol–water partition coefficient (Wildman–Crippen LogP) is 1.75. The second-order valence-electron chi connectivity index (χ2n) is 8.33. The van der Waals surface area contributed by atoms with Crippen molar-refractivity contribution >= 4 is 31.3 Å². The van der Waals surface area contributed by atoms with Crippen molar-refractivity contribution in [2.45, 2.75) is 55.7 Å². The van der Waals surface area contributed by atoms with E-state index in [1.165, 1.54) is 17.7 Å². The Labute approximate surface area is 213 Å². The number of aliphatic hydroxyl groups is 2. The Morgan fingerprint density at radius 3 is 2.50 bits per heavy atom. The molecule has 1 aliphatic heterocycles. The van der Waals surface area contributed by atoms with Crippen molar-refractivity contribution in [3.05, 3.63) is 53.1 Å². The summed E-state index contributed by atoms with van der Waals surface area (Å²) in [5.74, 6) is -0.0463. The summed E-state index contributed by atoms with van der Waals surface area (Å²) in [6.07, 6.45) is -1.53. The van der Waals surface area contributed by atoms with E-state index in [0.29, 0.717) is 5.82 Å². The number of carbonyl (C=O) groups excluding carboxylic acids is 1. The van der Waals surface area contributed by atoms with Gasteiger partial charge in [-0.25, -0.2) is 9.36 Å². The van der Waals surface area contributed by atoms with Crippen LogP contribution in [-0.4, -0.2) is 69.0 Å². The Morgan fingerprint density at radius 2 is 1.89 bits per heavy atom. The van der Waals surface area contributed by atoms with Crippen LogP contribution in [0, 0.1) is 0 Å². The van der Waals surface area contributed by atoms with E-state index in [1.54, 1.807) is 57.3 Å². The molecule has 12 nitrogen and oxygen atoms in total. The Morgan fingerprint density at radius 1 is 1.19 bits per heavy atom. The molecule has 0 radical (unpaired) electrons. The van der Waals surface area contributed by atoms with Crippen molar-refractivity contribution in [2.75, 3.05) is 19.0 Å². The normalized spacial score (nSPS) is 24.2. The molecule has 0 bridgehead atoms. The third-order valence-electron chi connectivity index (χ3n) is 5.13. The van der Waals surface area contributed by atoms with Gasteiger partial charge < -0.3 is 24.8 Å². The van der Waals surface area contributed by atoms with Crippen LogP contribution >= 0.6 is 19.5 Å². The molecule has 2 aromatic rings. The van der Waals surface area contributed by atoms with Crippen molar-refractivity contribution in [3.63, 3.8) is 0 Å². The van der Waals surface area contributed by atoms with E-state index < -0.39 is 48.3 Å². The lowest BCUT2D eigenvalue weighted by Crippen LogP contribution is -2.38. The third-order valence-corrected chi connectivity index (χ3v) is 8.33. The first-order valence-corrected chi connectivity index (χ1v) is 13.8. The number of nitrogens with zero attached hydrogens (tertiary/aromatic N) is 2. The highest BCUT2D eigenvalue weighted by atomic mass is 32.2. The van der Waals surface area contributed by atoms with Gasteiger partial charge in [0.1, 0.15) is 29.1 Å². The van der Waals surface area contributed by atoms with Gasteiger partial charge in [0.05, 0.1) is 24.1 Å². The summed E-state index contributed by atoms with van der Waals surface area (Å²) in [5.41, 5.74) is -0.607. The van der Waals surface area contributed by atoms with Crippen molar-refractivity contribution in [2.24, 2.45) is 0 Å². The maximum atomic E-state index is 13.6. The van der Waals surface area contributed by atoms with Gasteiger partial charge in [-0.2, -0.15) is 10.1 Å². The van der Waals surface area contributed by atoms with Gasteiger partial charge in [0.2, 0.25) is 0 Å². The molecule has 14 heteroatoms. The highest BCUT2D eigenvalue weighted by Crippen LogP contribution is 2.48. The number of carbonyl (C=O) groups is 1. The standard InChI is InChI=1S/C22H31N4O8PS/c1-13(2)33-21(29)14(3)25-35(31,34-15-8-6-5-7-9-15)32-12-16-18(27)19(28)20(36-16)26-11-10-17(23-4)24-22(26)30/h5-11,13-14,16,18-20,27-28H,12H2,1-4H3,(H,25,31)(H,23,24,30)/t14-,16+,18+,19-,20+,35?/m0/s1. The fourth-order valence-corrected chi connectivity index (χ4v) is 6.41. The smallest absolute Gasteiger partial charge is 0.459 e. The summed E-state index contributed by atoms with van der Waals surface area (Å²) >= 11 is 1.07. The number of ether oxygens (including phenoxy) is 1. The molecule has 0 amide bonds. The quantitative estimate of drug-likeness (QED) is 0.241. The molecular weight excluding hydrogens is 511 g/mol. The molecule has 3 rings (SSSR count). The molecule has 0 saturated carbocycles. The van der Waals surface area contributed by atoms with E-state index in [2.05, 4.69) is 15.4 Å². The lowest BCUT2D eigenvalue weighted by Gasteiger charge is -2.25. The van der Waals surface area contributed by atoms with Crippen molar-refractivity contribution in [3.8, 4) is 5.75 Å². The number of aliphatic hydroxyl groups excluding tert-OH is 2. The van der Waals surface area contributed by atoms with Gasteiger partial charge in [0.15, 0.2) is 0 Å². The molecule has 198 valence electrons. The Kier molecular flexibility index (Phi) is 9.56. The SMILES string of the molecule is CNc1ccn([C@@H]2S[C@H](COP(=O)(N[C@@H](C)C(=O)OC(C)C)Oc3ccccc3)[C@@H](O)[C@@H]2O)c(=O)n1. The van der Waals surface area contributed by atoms with Crippen molar-refractivity contribution in [1.29, 1.82) is 0 Å². The average molecular weight is 543 g/mol. The molecule has 1 unspecified atom stereocenters. The Balaban J connectivity index is 1.75. The summed E-state index contributed by atoms with van der Waals surface area (Å²) in [6, 6.07) is 8.79. The number of anilines is 1. The van der Waals surface area contributed by atoms with Crippen LogP contribution in [0.25, 0.3) is 0 Å². The molecule has 1 saturated heterocycles. The van der Waals surface area contributed by atoms with Crippen LogP contribution < -0.4 is 20.6 Å². The first-order valence-electron chi connectivity index (χ1n) is 11.3. The van der Waals surface area contributed by atoms with E-state index in [9.17, 15) is 24.4 Å². The zero-order chi connectivity index (χ0) is 26.5. The van der Waals surface area contributed by atoms with Crippen LogP contribution in [0.15, 0.2) is 47.4 Å². The summed E-state index contributed by atoms with van der Waals surface area (Å²) in [5, 5.41) is 24.9. The molecule has 4 N–H and O–H groups in total. The van der Waals surface area contributed by atoms with Gasteiger partial charge in [-0.05, 0) is 39.0 Å². The molecule has 6 atom stereocenters. The molecule has 36 heavy (non-hydrogen) atoms. The van der Waals surface area contributed by atoms with E-state index in [1.807, 2.05) is 0 Å². The van der Waals surface area contributed by atoms with Crippen LogP contribution in [-0.2, 0) is 18.6 Å². The van der Waals surface area contributed by atoms with Gasteiger partial charge in [-0.15, -0.1) is 11.8 Å². The van der Waals surface area contributed by atoms with E-state index in [4.69, 9.17) is 13.8 Å². The lowest BCUT2D eigenvalue weighted by molar-refractivity contribution is -0.149.